The quantitative estimate of drug-likeness (QED) is 0.654. The topological polar surface area (TPSA) is 32.3 Å². The number of urea groups is 1. The molecule has 0 spiro atoms. The molecule has 1 aliphatic heterocycles. The van der Waals surface area contributed by atoms with Gasteiger partial charge >= 0.3 is 6.03 Å². The number of hydrogen-bond donors (Lipinski definition) is 1. The number of rotatable bonds is 0. The van der Waals surface area contributed by atoms with Crippen LogP contribution in [0.5, 0.6) is 0 Å². The average molecular weight is 182 g/mol. The predicted octanol–water partition coefficient (Wildman–Crippen LogP) is 2.03. The van der Waals surface area contributed by atoms with Crippen LogP contribution in [0.25, 0.3) is 0 Å². The minimum Gasteiger partial charge on any atom is -0.323 e. The fourth-order valence-electron chi connectivity index (χ4n) is 1.31. The van der Waals surface area contributed by atoms with Gasteiger partial charge in [-0.2, -0.15) is 0 Å². The summed E-state index contributed by atoms with van der Waals surface area (Å²) >= 11 is 1.64. The Morgan fingerprint density at radius 3 is 3.17 bits per heavy atom. The van der Waals surface area contributed by atoms with Gasteiger partial charge in [0.1, 0.15) is 5.00 Å². The highest BCUT2D eigenvalue weighted by Gasteiger charge is 2.20. The van der Waals surface area contributed by atoms with Gasteiger partial charge in [0.25, 0.3) is 0 Å². The van der Waals surface area contributed by atoms with E-state index in [0.29, 0.717) is 0 Å². The second-order valence-corrected chi connectivity index (χ2v) is 4.25. The van der Waals surface area contributed by atoms with Crippen molar-refractivity contribution < 1.29 is 4.79 Å². The molecule has 0 aliphatic carbocycles. The van der Waals surface area contributed by atoms with E-state index in [1.807, 2.05) is 0 Å². The van der Waals surface area contributed by atoms with Crippen LogP contribution in [0, 0.1) is 6.92 Å². The van der Waals surface area contributed by atoms with E-state index >= 15 is 0 Å². The summed E-state index contributed by atoms with van der Waals surface area (Å²) < 4.78 is 0. The molecule has 2 amide bonds. The number of carbonyl (C=O) groups excluding carboxylic acids is 1. The van der Waals surface area contributed by atoms with Crippen molar-refractivity contribution in [3.05, 3.63) is 16.5 Å². The Balaban J connectivity index is 2.39. The maximum absolute atomic E-state index is 11.2. The van der Waals surface area contributed by atoms with Crippen molar-refractivity contribution in [2.75, 3.05) is 12.4 Å². The molecule has 3 nitrogen and oxygen atoms in total. The summed E-state index contributed by atoms with van der Waals surface area (Å²) in [6.07, 6.45) is 0. The molecule has 1 aliphatic rings. The normalized spacial score (nSPS) is 15.8. The lowest BCUT2D eigenvalue weighted by molar-refractivity contribution is 0.219. The molecule has 0 unspecified atom stereocenters. The van der Waals surface area contributed by atoms with Crippen LogP contribution >= 0.6 is 11.3 Å². The van der Waals surface area contributed by atoms with Crippen molar-refractivity contribution in [2.45, 2.75) is 13.5 Å². The van der Waals surface area contributed by atoms with Gasteiger partial charge in [-0.15, -0.1) is 11.3 Å². The van der Waals surface area contributed by atoms with Gasteiger partial charge in [-0.05, 0) is 13.0 Å². The van der Waals surface area contributed by atoms with E-state index in [1.54, 1.807) is 23.3 Å². The molecule has 2 rings (SSSR count). The summed E-state index contributed by atoms with van der Waals surface area (Å²) in [5.41, 5.74) is 1.22. The fourth-order valence-corrected chi connectivity index (χ4v) is 2.23. The number of hydrogen-bond acceptors (Lipinski definition) is 2. The Labute approximate surface area is 75.0 Å². The van der Waals surface area contributed by atoms with E-state index in [4.69, 9.17) is 0 Å². The second-order valence-electron chi connectivity index (χ2n) is 3.00. The van der Waals surface area contributed by atoms with Crippen molar-refractivity contribution >= 4 is 22.4 Å². The highest BCUT2D eigenvalue weighted by Crippen LogP contribution is 2.31. The zero-order valence-electron chi connectivity index (χ0n) is 7.05. The molecule has 1 aromatic heterocycles. The Morgan fingerprint density at radius 1 is 1.67 bits per heavy atom. The van der Waals surface area contributed by atoms with Crippen LogP contribution in [0.2, 0.25) is 0 Å². The van der Waals surface area contributed by atoms with Gasteiger partial charge in [-0.1, -0.05) is 0 Å². The number of anilines is 1. The third kappa shape index (κ3) is 1.08. The van der Waals surface area contributed by atoms with Crippen molar-refractivity contribution in [3.8, 4) is 0 Å². The molecule has 1 aromatic rings. The third-order valence-corrected chi connectivity index (χ3v) is 2.92. The lowest BCUT2D eigenvalue weighted by Crippen LogP contribution is -2.34. The molecule has 0 radical (unpaired) electrons. The highest BCUT2D eigenvalue weighted by molar-refractivity contribution is 7.16. The fraction of sp³-hybridized carbons (Fsp3) is 0.375. The smallest absolute Gasteiger partial charge is 0.322 e. The zero-order chi connectivity index (χ0) is 8.72. The maximum Gasteiger partial charge on any atom is 0.322 e. The first-order valence-electron chi connectivity index (χ1n) is 3.78. The largest absolute Gasteiger partial charge is 0.323 e. The van der Waals surface area contributed by atoms with Gasteiger partial charge < -0.3 is 4.90 Å². The summed E-state index contributed by atoms with van der Waals surface area (Å²) in [7, 11) is 1.80. The van der Waals surface area contributed by atoms with Crippen LogP contribution in [0.3, 0.4) is 0 Å². The molecule has 12 heavy (non-hydrogen) atoms. The minimum atomic E-state index is -0.00986. The molecule has 0 fully saturated rings. The SMILES string of the molecule is Cc1cc2c(s1)NC(=O)N(C)C2. The number of aryl methyl sites for hydroxylation is 1. The zero-order valence-corrected chi connectivity index (χ0v) is 7.86. The summed E-state index contributed by atoms with van der Waals surface area (Å²) in [4.78, 5) is 14.1. The van der Waals surface area contributed by atoms with Gasteiger partial charge in [0.15, 0.2) is 0 Å². The van der Waals surface area contributed by atoms with Crippen LogP contribution in [0.4, 0.5) is 9.80 Å². The lowest BCUT2D eigenvalue weighted by atomic mass is 10.2. The summed E-state index contributed by atoms with van der Waals surface area (Å²) in [6.45, 7) is 2.78. The summed E-state index contributed by atoms with van der Waals surface area (Å²) in [6, 6.07) is 2.11. The van der Waals surface area contributed by atoms with Gasteiger partial charge in [0.05, 0.1) is 0 Å². The summed E-state index contributed by atoms with van der Waals surface area (Å²) in [5, 5.41) is 3.85. The van der Waals surface area contributed by atoms with Crippen LogP contribution in [0.15, 0.2) is 6.07 Å². The van der Waals surface area contributed by atoms with Crippen molar-refractivity contribution in [1.29, 1.82) is 0 Å². The molecule has 0 aromatic carbocycles. The number of amides is 2. The predicted molar refractivity (Wildman–Crippen MR) is 49.5 cm³/mol. The first kappa shape index (κ1) is 7.61. The van der Waals surface area contributed by atoms with Crippen LogP contribution < -0.4 is 5.32 Å². The first-order chi connectivity index (χ1) is 5.66. The highest BCUT2D eigenvalue weighted by atomic mass is 32.1. The van der Waals surface area contributed by atoms with Crippen molar-refractivity contribution in [3.63, 3.8) is 0 Å². The van der Waals surface area contributed by atoms with Crippen LogP contribution in [-0.4, -0.2) is 18.0 Å². The number of carbonyl (C=O) groups is 1. The van der Waals surface area contributed by atoms with E-state index in [-0.39, 0.29) is 6.03 Å². The van der Waals surface area contributed by atoms with Gasteiger partial charge in [-0.3, -0.25) is 5.32 Å². The molecule has 4 heteroatoms. The van der Waals surface area contributed by atoms with E-state index in [0.717, 1.165) is 11.5 Å². The molecule has 1 N–H and O–H groups in total. The maximum atomic E-state index is 11.2. The molecule has 0 saturated heterocycles. The number of thiophene rings is 1. The van der Waals surface area contributed by atoms with Crippen LogP contribution in [-0.2, 0) is 6.54 Å². The van der Waals surface area contributed by atoms with E-state index in [1.165, 1.54) is 10.4 Å². The number of nitrogens with zero attached hydrogens (tertiary/aromatic N) is 1. The summed E-state index contributed by atoms with van der Waals surface area (Å²) in [5.74, 6) is 0. The van der Waals surface area contributed by atoms with Gasteiger partial charge in [-0.25, -0.2) is 4.79 Å². The second kappa shape index (κ2) is 2.48. The van der Waals surface area contributed by atoms with Crippen LogP contribution in [0.1, 0.15) is 10.4 Å². The Bertz CT molecular complexity index is 332. The van der Waals surface area contributed by atoms with Gasteiger partial charge in [0, 0.05) is 24.0 Å². The van der Waals surface area contributed by atoms with Crippen molar-refractivity contribution in [1.82, 2.24) is 4.90 Å². The van der Waals surface area contributed by atoms with E-state index in [9.17, 15) is 4.79 Å². The molecule has 2 heterocycles. The number of fused-ring (bicyclic) bond motifs is 1. The standard InChI is InChI=1S/C8H10N2OS/c1-5-3-6-4-10(2)8(11)9-7(6)12-5/h3H,4H2,1-2H3,(H,9,11). The van der Waals surface area contributed by atoms with E-state index < -0.39 is 0 Å². The Kier molecular flexibility index (Phi) is 1.58. The van der Waals surface area contributed by atoms with Gasteiger partial charge in [0.2, 0.25) is 0 Å². The Morgan fingerprint density at radius 2 is 2.42 bits per heavy atom. The average Bonchev–Trinajstić information content (AvgIpc) is 2.30. The molecule has 0 atom stereocenters. The molecule has 0 bridgehead atoms. The number of nitrogens with one attached hydrogen (secondary N) is 1. The molecule has 0 saturated carbocycles. The Hall–Kier alpha value is -1.03. The monoisotopic (exact) mass is 182 g/mol. The first-order valence-corrected chi connectivity index (χ1v) is 4.60. The molecule has 64 valence electrons. The molecular formula is C8H10N2OS. The minimum absolute atomic E-state index is 0.00986. The van der Waals surface area contributed by atoms with E-state index in [2.05, 4.69) is 18.3 Å². The third-order valence-electron chi connectivity index (χ3n) is 1.91. The lowest BCUT2D eigenvalue weighted by Gasteiger charge is -2.22. The van der Waals surface area contributed by atoms with Crippen molar-refractivity contribution in [2.24, 2.45) is 0 Å². The molecular weight excluding hydrogens is 172 g/mol.